The van der Waals surface area contributed by atoms with Crippen LogP contribution in [-0.2, 0) is 13.7 Å². The Hall–Kier alpha value is -1.73. The summed E-state index contributed by atoms with van der Waals surface area (Å²) in [5.41, 5.74) is 1.42. The van der Waals surface area contributed by atoms with Crippen molar-refractivity contribution >= 4 is 0 Å². The molecule has 0 atom stereocenters. The van der Waals surface area contributed by atoms with Crippen molar-refractivity contribution in [1.82, 2.24) is 29.4 Å². The lowest BCUT2D eigenvalue weighted by Gasteiger charge is -2.42. The molecule has 7 nitrogen and oxygen atoms in total. The molecule has 3 fully saturated rings. The number of aromatic nitrogens is 5. The highest BCUT2D eigenvalue weighted by Gasteiger charge is 2.31. The zero-order chi connectivity index (χ0) is 19.8. The van der Waals surface area contributed by atoms with Crippen LogP contribution in [0, 0.1) is 0 Å². The van der Waals surface area contributed by atoms with Gasteiger partial charge in [-0.15, -0.1) is 10.2 Å². The maximum absolute atomic E-state index is 9.35. The SMILES string of the molecule is Cn1c(CO)nnc1[C@H]1CC[C@H](c2cnn([C@H]3CC[C@H](N4CCC4)CC3)c2)CC1. The second kappa shape index (κ2) is 8.19. The Labute approximate surface area is 173 Å². The second-order valence-electron chi connectivity index (χ2n) is 9.35. The van der Waals surface area contributed by atoms with E-state index in [0.717, 1.165) is 24.7 Å². The molecule has 2 aromatic heterocycles. The lowest BCUT2D eigenvalue weighted by molar-refractivity contribution is 0.0787. The van der Waals surface area contributed by atoms with Gasteiger partial charge in [0, 0.05) is 25.2 Å². The first-order valence-electron chi connectivity index (χ1n) is 11.5. The Morgan fingerprint density at radius 3 is 2.24 bits per heavy atom. The van der Waals surface area contributed by atoms with Gasteiger partial charge < -0.3 is 14.6 Å². The molecule has 0 radical (unpaired) electrons. The number of likely N-dealkylation sites (tertiary alicyclic amines) is 1. The number of aliphatic hydroxyl groups excluding tert-OH is 1. The minimum atomic E-state index is -0.0437. The van der Waals surface area contributed by atoms with Crippen LogP contribution in [0.15, 0.2) is 12.4 Å². The van der Waals surface area contributed by atoms with Crippen molar-refractivity contribution in [3.05, 3.63) is 29.6 Å². The summed E-state index contributed by atoms with van der Waals surface area (Å²) in [6, 6.07) is 1.42. The minimum absolute atomic E-state index is 0.0437. The second-order valence-corrected chi connectivity index (χ2v) is 9.35. The summed E-state index contributed by atoms with van der Waals surface area (Å²) in [7, 11) is 1.97. The van der Waals surface area contributed by atoms with E-state index in [1.807, 2.05) is 11.6 Å². The van der Waals surface area contributed by atoms with Gasteiger partial charge in [0.05, 0.1) is 12.2 Å². The van der Waals surface area contributed by atoms with Crippen LogP contribution >= 0.6 is 0 Å². The Morgan fingerprint density at radius 2 is 1.62 bits per heavy atom. The fourth-order valence-corrected chi connectivity index (χ4v) is 5.71. The number of hydrogen-bond acceptors (Lipinski definition) is 5. The average Bonchev–Trinajstić information content (AvgIpc) is 3.34. The molecule has 1 aliphatic heterocycles. The van der Waals surface area contributed by atoms with Crippen LogP contribution in [0.3, 0.4) is 0 Å². The predicted octanol–water partition coefficient (Wildman–Crippen LogP) is 3.13. The van der Waals surface area contributed by atoms with Crippen LogP contribution < -0.4 is 0 Å². The molecular weight excluding hydrogens is 364 g/mol. The van der Waals surface area contributed by atoms with E-state index < -0.39 is 0 Å². The quantitative estimate of drug-likeness (QED) is 0.838. The van der Waals surface area contributed by atoms with Crippen LogP contribution in [0.4, 0.5) is 0 Å². The van der Waals surface area contributed by atoms with Crippen molar-refractivity contribution < 1.29 is 5.11 Å². The fraction of sp³-hybridized carbons (Fsp3) is 0.773. The zero-order valence-corrected chi connectivity index (χ0v) is 17.6. The number of aliphatic hydroxyl groups is 1. The van der Waals surface area contributed by atoms with E-state index in [1.54, 1.807) is 0 Å². The molecule has 3 heterocycles. The summed E-state index contributed by atoms with van der Waals surface area (Å²) in [6.07, 6.45) is 15.7. The maximum Gasteiger partial charge on any atom is 0.158 e. The van der Waals surface area contributed by atoms with Crippen LogP contribution in [0.5, 0.6) is 0 Å². The Morgan fingerprint density at radius 1 is 0.931 bits per heavy atom. The normalized spacial score (nSPS) is 31.0. The molecule has 0 bridgehead atoms. The number of nitrogens with zero attached hydrogens (tertiary/aromatic N) is 6. The molecule has 29 heavy (non-hydrogen) atoms. The van der Waals surface area contributed by atoms with E-state index in [4.69, 9.17) is 5.10 Å². The molecule has 1 saturated heterocycles. The highest BCUT2D eigenvalue weighted by atomic mass is 16.3. The summed E-state index contributed by atoms with van der Waals surface area (Å²) < 4.78 is 4.24. The molecule has 0 unspecified atom stereocenters. The van der Waals surface area contributed by atoms with Crippen molar-refractivity contribution in [3.63, 3.8) is 0 Å². The van der Waals surface area contributed by atoms with Gasteiger partial charge in [0.25, 0.3) is 0 Å². The van der Waals surface area contributed by atoms with Gasteiger partial charge in [0.1, 0.15) is 12.4 Å². The molecule has 5 rings (SSSR count). The first-order chi connectivity index (χ1) is 14.2. The molecule has 2 aromatic rings. The van der Waals surface area contributed by atoms with Gasteiger partial charge in [0.15, 0.2) is 5.82 Å². The van der Waals surface area contributed by atoms with Crippen molar-refractivity contribution in [2.24, 2.45) is 7.05 Å². The van der Waals surface area contributed by atoms with E-state index in [1.165, 1.54) is 63.6 Å². The summed E-state index contributed by atoms with van der Waals surface area (Å²) >= 11 is 0. The smallest absolute Gasteiger partial charge is 0.158 e. The van der Waals surface area contributed by atoms with Gasteiger partial charge in [-0.25, -0.2) is 0 Å². The summed E-state index contributed by atoms with van der Waals surface area (Å²) in [5.74, 6) is 2.76. The molecular formula is C22H34N6O. The monoisotopic (exact) mass is 398 g/mol. The van der Waals surface area contributed by atoms with Crippen molar-refractivity contribution in [1.29, 1.82) is 0 Å². The molecule has 158 valence electrons. The van der Waals surface area contributed by atoms with Crippen LogP contribution in [-0.4, -0.2) is 53.7 Å². The third-order valence-corrected chi connectivity index (χ3v) is 7.77. The molecule has 0 amide bonds. The topological polar surface area (TPSA) is 72.0 Å². The van der Waals surface area contributed by atoms with E-state index in [2.05, 4.69) is 32.2 Å². The Bertz CT molecular complexity index is 809. The maximum atomic E-state index is 9.35. The van der Waals surface area contributed by atoms with Crippen LogP contribution in [0.2, 0.25) is 0 Å². The average molecular weight is 399 g/mol. The van der Waals surface area contributed by atoms with Gasteiger partial charge >= 0.3 is 0 Å². The fourth-order valence-electron chi connectivity index (χ4n) is 5.71. The highest BCUT2D eigenvalue weighted by molar-refractivity contribution is 5.15. The van der Waals surface area contributed by atoms with Crippen LogP contribution in [0.25, 0.3) is 0 Å². The van der Waals surface area contributed by atoms with Gasteiger partial charge in [-0.3, -0.25) is 4.68 Å². The first kappa shape index (κ1) is 19.2. The van der Waals surface area contributed by atoms with Crippen molar-refractivity contribution in [3.8, 4) is 0 Å². The van der Waals surface area contributed by atoms with Gasteiger partial charge in [-0.05, 0) is 82.4 Å². The van der Waals surface area contributed by atoms with E-state index in [9.17, 15) is 5.11 Å². The molecule has 0 spiro atoms. The Balaban J connectivity index is 1.16. The van der Waals surface area contributed by atoms with E-state index >= 15 is 0 Å². The highest BCUT2D eigenvalue weighted by Crippen LogP contribution is 2.40. The van der Waals surface area contributed by atoms with E-state index in [-0.39, 0.29) is 6.61 Å². The zero-order valence-electron chi connectivity index (χ0n) is 17.6. The minimum Gasteiger partial charge on any atom is -0.388 e. The first-order valence-corrected chi connectivity index (χ1v) is 11.5. The van der Waals surface area contributed by atoms with Crippen molar-refractivity contribution in [2.75, 3.05) is 13.1 Å². The molecule has 3 aliphatic rings. The molecule has 1 N–H and O–H groups in total. The predicted molar refractivity (Wildman–Crippen MR) is 111 cm³/mol. The molecule has 2 saturated carbocycles. The summed E-state index contributed by atoms with van der Waals surface area (Å²) in [6.45, 7) is 2.59. The summed E-state index contributed by atoms with van der Waals surface area (Å²) in [5, 5.41) is 22.6. The lowest BCUT2D eigenvalue weighted by atomic mass is 9.79. The summed E-state index contributed by atoms with van der Waals surface area (Å²) in [4.78, 5) is 2.67. The van der Waals surface area contributed by atoms with Crippen molar-refractivity contribution in [2.45, 2.75) is 88.3 Å². The molecule has 0 aromatic carbocycles. The number of hydrogen-bond donors (Lipinski definition) is 1. The molecule has 2 aliphatic carbocycles. The third-order valence-electron chi connectivity index (χ3n) is 7.77. The lowest BCUT2D eigenvalue weighted by Crippen LogP contribution is -2.46. The van der Waals surface area contributed by atoms with Gasteiger partial charge in [0.2, 0.25) is 0 Å². The number of rotatable bonds is 5. The third kappa shape index (κ3) is 3.75. The Kier molecular flexibility index (Phi) is 5.43. The van der Waals surface area contributed by atoms with Crippen LogP contribution in [0.1, 0.15) is 92.9 Å². The van der Waals surface area contributed by atoms with E-state index in [0.29, 0.717) is 23.7 Å². The standard InChI is InChI=1S/C22H34N6O/c1-26-21(15-29)24-25-22(26)17-5-3-16(4-6-17)18-13-23-28(14-18)20-9-7-19(8-10-20)27-11-2-12-27/h13-14,16-17,19-20,29H,2-12,15H2,1H3/t16-,17-,19-,20-. The molecule has 7 heteroatoms. The largest absolute Gasteiger partial charge is 0.388 e. The van der Waals surface area contributed by atoms with Gasteiger partial charge in [-0.1, -0.05) is 0 Å². The van der Waals surface area contributed by atoms with Gasteiger partial charge in [-0.2, -0.15) is 5.10 Å².